The fourth-order valence-corrected chi connectivity index (χ4v) is 1.47. The van der Waals surface area contributed by atoms with Crippen LogP contribution in [-0.4, -0.2) is 16.9 Å². The number of nitrogens with one attached hydrogen (secondary N) is 1. The van der Waals surface area contributed by atoms with E-state index in [1.165, 1.54) is 18.2 Å². The lowest BCUT2D eigenvalue weighted by Crippen LogP contribution is -2.32. The Morgan fingerprint density at radius 3 is 2.71 bits per heavy atom. The zero-order valence-electron chi connectivity index (χ0n) is 9.57. The molecule has 0 aliphatic carbocycles. The maximum Gasteiger partial charge on any atom is 0.270 e. The van der Waals surface area contributed by atoms with Gasteiger partial charge in [0.05, 0.1) is 15.5 Å². The lowest BCUT2D eigenvalue weighted by Gasteiger charge is -2.11. The summed E-state index contributed by atoms with van der Waals surface area (Å²) in [5.74, 6) is -0.320. The molecule has 0 spiro atoms. The minimum Gasteiger partial charge on any atom is -0.350 e. The zero-order chi connectivity index (χ0) is 13.0. The summed E-state index contributed by atoms with van der Waals surface area (Å²) in [7, 11) is 0. The number of rotatable bonds is 4. The fraction of sp³-hybridized carbons (Fsp3) is 0.364. The van der Waals surface area contributed by atoms with Crippen LogP contribution in [-0.2, 0) is 0 Å². The number of carbonyl (C=O) groups excluding carboxylic acids is 1. The molecule has 5 nitrogen and oxygen atoms in total. The van der Waals surface area contributed by atoms with E-state index in [1.54, 1.807) is 0 Å². The highest BCUT2D eigenvalue weighted by atomic mass is 35.5. The molecule has 1 amide bonds. The van der Waals surface area contributed by atoms with Gasteiger partial charge in [-0.05, 0) is 19.4 Å². The monoisotopic (exact) mass is 256 g/mol. The highest BCUT2D eigenvalue weighted by molar-refractivity contribution is 6.34. The molecule has 17 heavy (non-hydrogen) atoms. The second kappa shape index (κ2) is 5.63. The largest absolute Gasteiger partial charge is 0.350 e. The first-order valence-corrected chi connectivity index (χ1v) is 5.58. The van der Waals surface area contributed by atoms with Crippen LogP contribution in [0.15, 0.2) is 18.2 Å². The first-order chi connectivity index (χ1) is 7.95. The minimum atomic E-state index is -0.553. The third kappa shape index (κ3) is 3.42. The summed E-state index contributed by atoms with van der Waals surface area (Å²) in [4.78, 5) is 21.7. The van der Waals surface area contributed by atoms with Gasteiger partial charge in [-0.3, -0.25) is 14.9 Å². The predicted octanol–water partition coefficient (Wildman–Crippen LogP) is 2.78. The Hall–Kier alpha value is -1.62. The molecule has 0 aromatic heterocycles. The normalized spacial score (nSPS) is 11.9. The van der Waals surface area contributed by atoms with Crippen molar-refractivity contribution in [1.29, 1.82) is 0 Å². The van der Waals surface area contributed by atoms with Gasteiger partial charge in [0.2, 0.25) is 0 Å². The number of amides is 1. The van der Waals surface area contributed by atoms with Gasteiger partial charge in [-0.25, -0.2) is 0 Å². The molecule has 0 bridgehead atoms. The van der Waals surface area contributed by atoms with Gasteiger partial charge in [-0.1, -0.05) is 18.5 Å². The molecule has 1 atom stereocenters. The maximum absolute atomic E-state index is 11.8. The second-order valence-electron chi connectivity index (χ2n) is 3.70. The fourth-order valence-electron chi connectivity index (χ4n) is 1.21. The quantitative estimate of drug-likeness (QED) is 0.665. The summed E-state index contributed by atoms with van der Waals surface area (Å²) in [6.07, 6.45) is 0.802. The van der Waals surface area contributed by atoms with Gasteiger partial charge in [-0.2, -0.15) is 0 Å². The van der Waals surface area contributed by atoms with E-state index in [0.29, 0.717) is 0 Å². The van der Waals surface area contributed by atoms with Crippen molar-refractivity contribution < 1.29 is 9.72 Å². The molecular weight excluding hydrogens is 244 g/mol. The van der Waals surface area contributed by atoms with Crippen LogP contribution in [0.5, 0.6) is 0 Å². The molecule has 0 radical (unpaired) electrons. The van der Waals surface area contributed by atoms with Crippen molar-refractivity contribution in [2.75, 3.05) is 0 Å². The van der Waals surface area contributed by atoms with Crippen LogP contribution < -0.4 is 5.32 Å². The Balaban J connectivity index is 2.92. The molecule has 1 aromatic rings. The Bertz CT molecular complexity index is 448. The number of nitro benzene ring substituents is 1. The number of halogens is 1. The van der Waals surface area contributed by atoms with E-state index in [-0.39, 0.29) is 28.2 Å². The van der Waals surface area contributed by atoms with Crippen LogP contribution in [0.25, 0.3) is 0 Å². The summed E-state index contributed by atoms with van der Waals surface area (Å²) in [5, 5.41) is 13.3. The van der Waals surface area contributed by atoms with Gasteiger partial charge >= 0.3 is 0 Å². The van der Waals surface area contributed by atoms with Crippen molar-refractivity contribution >= 4 is 23.2 Å². The lowest BCUT2D eigenvalue weighted by atomic mass is 10.1. The van der Waals surface area contributed by atoms with E-state index in [0.717, 1.165) is 6.42 Å². The van der Waals surface area contributed by atoms with E-state index < -0.39 is 4.92 Å². The number of carbonyl (C=O) groups is 1. The summed E-state index contributed by atoms with van der Waals surface area (Å²) >= 11 is 5.83. The molecule has 1 N–H and O–H groups in total. The molecule has 0 fully saturated rings. The van der Waals surface area contributed by atoms with Crippen LogP contribution in [0.1, 0.15) is 30.6 Å². The van der Waals surface area contributed by atoms with E-state index in [2.05, 4.69) is 5.32 Å². The second-order valence-corrected chi connectivity index (χ2v) is 4.11. The molecule has 92 valence electrons. The van der Waals surface area contributed by atoms with Gasteiger partial charge < -0.3 is 5.32 Å². The number of non-ortho nitro benzene ring substituents is 1. The van der Waals surface area contributed by atoms with Crippen molar-refractivity contribution in [3.8, 4) is 0 Å². The van der Waals surface area contributed by atoms with Gasteiger partial charge in [0, 0.05) is 18.2 Å². The zero-order valence-corrected chi connectivity index (χ0v) is 10.3. The van der Waals surface area contributed by atoms with Gasteiger partial charge in [-0.15, -0.1) is 0 Å². The van der Waals surface area contributed by atoms with E-state index in [9.17, 15) is 14.9 Å². The number of nitro groups is 1. The molecule has 0 aliphatic rings. The average molecular weight is 257 g/mol. The summed E-state index contributed by atoms with van der Waals surface area (Å²) in [5.41, 5.74) is 0.118. The van der Waals surface area contributed by atoms with Crippen LogP contribution >= 0.6 is 11.6 Å². The topological polar surface area (TPSA) is 72.2 Å². The van der Waals surface area contributed by atoms with Gasteiger partial charge in [0.1, 0.15) is 0 Å². The molecule has 1 rings (SSSR count). The highest BCUT2D eigenvalue weighted by Crippen LogP contribution is 2.22. The Morgan fingerprint density at radius 2 is 2.24 bits per heavy atom. The molecule has 1 aromatic carbocycles. The van der Waals surface area contributed by atoms with E-state index >= 15 is 0 Å². The molecule has 0 heterocycles. The highest BCUT2D eigenvalue weighted by Gasteiger charge is 2.15. The van der Waals surface area contributed by atoms with Crippen LogP contribution in [0.3, 0.4) is 0 Å². The average Bonchev–Trinajstić information content (AvgIpc) is 2.28. The van der Waals surface area contributed by atoms with Crippen molar-refractivity contribution in [3.63, 3.8) is 0 Å². The number of benzene rings is 1. The summed E-state index contributed by atoms with van der Waals surface area (Å²) in [6, 6.07) is 3.83. The minimum absolute atomic E-state index is 0.0359. The van der Waals surface area contributed by atoms with E-state index in [4.69, 9.17) is 11.6 Å². The summed E-state index contributed by atoms with van der Waals surface area (Å²) < 4.78 is 0. The van der Waals surface area contributed by atoms with Crippen LogP contribution in [0, 0.1) is 10.1 Å². The van der Waals surface area contributed by atoms with Gasteiger partial charge in [0.25, 0.3) is 11.6 Å². The first kappa shape index (κ1) is 13.4. The molecule has 0 saturated carbocycles. The molecule has 0 aliphatic heterocycles. The first-order valence-electron chi connectivity index (χ1n) is 5.20. The van der Waals surface area contributed by atoms with Gasteiger partial charge in [0.15, 0.2) is 0 Å². The Labute approximate surface area is 104 Å². The lowest BCUT2D eigenvalue weighted by molar-refractivity contribution is -0.384. The smallest absolute Gasteiger partial charge is 0.270 e. The number of hydrogen-bond donors (Lipinski definition) is 1. The standard InChI is InChI=1S/C11H13ClN2O3/c1-3-7(2)13-11(15)9-5-4-8(14(16)17)6-10(9)12/h4-7H,3H2,1-2H3,(H,13,15)/t7-/m0/s1. The molecule has 6 heteroatoms. The number of hydrogen-bond acceptors (Lipinski definition) is 3. The van der Waals surface area contributed by atoms with Crippen molar-refractivity contribution in [1.82, 2.24) is 5.32 Å². The Morgan fingerprint density at radius 1 is 1.59 bits per heavy atom. The Kier molecular flexibility index (Phi) is 4.45. The van der Waals surface area contributed by atoms with Crippen molar-refractivity contribution in [2.45, 2.75) is 26.3 Å². The van der Waals surface area contributed by atoms with E-state index in [1.807, 2.05) is 13.8 Å². The SMILES string of the molecule is CC[C@H](C)NC(=O)c1ccc([N+](=O)[O-])cc1Cl. The molecule has 0 unspecified atom stereocenters. The molecule has 0 saturated heterocycles. The third-order valence-corrected chi connectivity index (χ3v) is 2.71. The van der Waals surface area contributed by atoms with Crippen LogP contribution in [0.4, 0.5) is 5.69 Å². The predicted molar refractivity (Wildman–Crippen MR) is 65.3 cm³/mol. The third-order valence-electron chi connectivity index (χ3n) is 2.40. The van der Waals surface area contributed by atoms with Crippen molar-refractivity contribution in [2.24, 2.45) is 0 Å². The maximum atomic E-state index is 11.8. The molecular formula is C11H13ClN2O3. The van der Waals surface area contributed by atoms with Crippen molar-refractivity contribution in [3.05, 3.63) is 38.9 Å². The number of nitrogens with zero attached hydrogens (tertiary/aromatic N) is 1. The van der Waals surface area contributed by atoms with Crippen LogP contribution in [0.2, 0.25) is 5.02 Å². The summed E-state index contributed by atoms with van der Waals surface area (Å²) in [6.45, 7) is 3.82.